The van der Waals surface area contributed by atoms with Gasteiger partial charge in [-0.3, -0.25) is 0 Å². The van der Waals surface area contributed by atoms with Crippen LogP contribution in [0.25, 0.3) is 88.7 Å². The van der Waals surface area contributed by atoms with Crippen LogP contribution >= 0.6 is 23.5 Å². The molecule has 0 fully saturated rings. The first-order valence-corrected chi connectivity index (χ1v) is 14.0. The minimum atomic E-state index is -0.374. The van der Waals surface area contributed by atoms with Crippen LogP contribution in [0.3, 0.4) is 0 Å². The average Bonchev–Trinajstić information content (AvgIpc) is 3.82. The van der Waals surface area contributed by atoms with Crippen LogP contribution in [-0.2, 0) is 0 Å². The molecular weight excluding hydrogens is 576 g/mol. The van der Waals surface area contributed by atoms with E-state index in [1.54, 1.807) is 24.3 Å². The zero-order chi connectivity index (χ0) is 28.3. The number of fused-ring (bicyclic) bond motifs is 18. The van der Waals surface area contributed by atoms with Crippen LogP contribution in [0.5, 0.6) is 0 Å². The molecule has 8 bridgehead atoms. The van der Waals surface area contributed by atoms with Crippen molar-refractivity contribution in [2.24, 2.45) is 0 Å². The summed E-state index contributed by atoms with van der Waals surface area (Å²) in [5.74, 6) is -1.49. The number of H-pyrrole nitrogens is 2. The number of aromatic nitrogens is 8. The van der Waals surface area contributed by atoms with E-state index in [4.69, 9.17) is 0 Å². The Kier molecular flexibility index (Phi) is 4.40. The van der Waals surface area contributed by atoms with Crippen LogP contribution in [0.4, 0.5) is 0 Å². The van der Waals surface area contributed by atoms with Gasteiger partial charge in [0.1, 0.15) is 44.8 Å². The van der Waals surface area contributed by atoms with Gasteiger partial charge in [0.2, 0.25) is 0 Å². The van der Waals surface area contributed by atoms with Crippen molar-refractivity contribution < 1.29 is 20.4 Å². The lowest BCUT2D eigenvalue weighted by molar-refractivity contribution is 0.463. The highest BCUT2D eigenvalue weighted by molar-refractivity contribution is 7.00. The van der Waals surface area contributed by atoms with Crippen molar-refractivity contribution in [2.75, 3.05) is 0 Å². The number of aliphatic hydroxyl groups is 4. The normalized spacial score (nSPS) is 13.9. The Labute approximate surface area is 240 Å². The van der Waals surface area contributed by atoms with Gasteiger partial charge < -0.3 is 30.4 Å². The van der Waals surface area contributed by atoms with E-state index >= 15 is 0 Å². The summed E-state index contributed by atoms with van der Waals surface area (Å²) in [7, 11) is 0. The Balaban J connectivity index is 1.52. The van der Waals surface area contributed by atoms with Crippen LogP contribution in [0.2, 0.25) is 0 Å². The molecule has 6 N–H and O–H groups in total. The van der Waals surface area contributed by atoms with Gasteiger partial charge in [0, 0.05) is 32.6 Å². The van der Waals surface area contributed by atoms with E-state index in [9.17, 15) is 20.4 Å². The Bertz CT molecular complexity index is 2410. The van der Waals surface area contributed by atoms with Crippen molar-refractivity contribution in [1.82, 2.24) is 37.4 Å². The van der Waals surface area contributed by atoms with Crippen LogP contribution in [0.1, 0.15) is 22.8 Å². The summed E-state index contributed by atoms with van der Waals surface area (Å²) >= 11 is 2.15. The average molecular weight is 591 g/mol. The third-order valence-electron chi connectivity index (χ3n) is 7.54. The summed E-state index contributed by atoms with van der Waals surface area (Å²) in [6, 6.07) is 13.9. The molecule has 0 saturated carbocycles. The van der Waals surface area contributed by atoms with E-state index in [-0.39, 0.29) is 45.8 Å². The topological polar surface area (TPSA) is 190 Å². The SMILES string of the molecule is OC1=C(O)c2cc3[nH]c(cc4nc(cc5[nH]c(cc1n2)c1ccc2nsnc2c51)C(O)=C4O)c1ccc2nsnc2c31. The molecule has 2 aliphatic heterocycles. The van der Waals surface area contributed by atoms with Crippen molar-refractivity contribution in [1.29, 1.82) is 0 Å². The third-order valence-corrected chi connectivity index (χ3v) is 8.62. The first kappa shape index (κ1) is 23.1. The molecule has 0 radical (unpaired) electrons. The maximum atomic E-state index is 10.9. The maximum absolute atomic E-state index is 10.9. The van der Waals surface area contributed by atoms with Gasteiger partial charge in [-0.15, -0.1) is 0 Å². The highest BCUT2D eigenvalue weighted by Crippen LogP contribution is 2.36. The highest BCUT2D eigenvalue weighted by Gasteiger charge is 2.23. The number of aliphatic hydroxyl groups excluding tert-OH is 4. The van der Waals surface area contributed by atoms with Gasteiger partial charge >= 0.3 is 0 Å². The predicted octanol–water partition coefficient (Wildman–Crippen LogP) is 6.51. The number of hydrogen-bond donors (Lipinski definition) is 6. The zero-order valence-corrected chi connectivity index (χ0v) is 22.5. The number of nitrogens with one attached hydrogen (secondary N) is 2. The van der Waals surface area contributed by atoms with Gasteiger partial charge in [0.15, 0.2) is 23.0 Å². The molecular formula is C28H14N8O4S2. The van der Waals surface area contributed by atoms with Gasteiger partial charge in [-0.05, 0) is 48.5 Å². The molecule has 14 heteroatoms. The van der Waals surface area contributed by atoms with Crippen LogP contribution in [-0.4, -0.2) is 57.9 Å². The summed E-state index contributed by atoms with van der Waals surface area (Å²) in [5, 5.41) is 46.6. The maximum Gasteiger partial charge on any atom is 0.186 e. The fourth-order valence-electron chi connectivity index (χ4n) is 5.60. The molecule has 5 aromatic heterocycles. The van der Waals surface area contributed by atoms with Crippen LogP contribution < -0.4 is 0 Å². The van der Waals surface area contributed by atoms with Crippen molar-refractivity contribution in [2.45, 2.75) is 0 Å². The van der Waals surface area contributed by atoms with E-state index < -0.39 is 0 Å². The second-order valence-electron chi connectivity index (χ2n) is 9.88. The number of rotatable bonds is 0. The summed E-state index contributed by atoms with van der Waals surface area (Å²) < 4.78 is 17.6. The predicted molar refractivity (Wildman–Crippen MR) is 162 cm³/mol. The van der Waals surface area contributed by atoms with E-state index in [0.29, 0.717) is 54.9 Å². The summed E-state index contributed by atoms with van der Waals surface area (Å²) in [6.07, 6.45) is 0. The van der Waals surface area contributed by atoms with Crippen LogP contribution in [0.15, 0.2) is 48.5 Å². The second-order valence-corrected chi connectivity index (χ2v) is 10.9. The lowest BCUT2D eigenvalue weighted by atomic mass is 10.1. The first-order chi connectivity index (χ1) is 20.4. The molecule has 12 nitrogen and oxygen atoms in total. The standard InChI is InChI=1S/C28H14N8O4S2/c37-25-17-5-13-9-1-3-11-23(35-41-33-11)21(9)15(29-13)7-19-27(39)26(38)18(32-19)6-14-10-2-4-12-24(36-42-34-12)22(10)16(30-14)8-20(31-17)28(25)40/h1-8,29-30,37-40H. The third kappa shape index (κ3) is 3.04. The van der Waals surface area contributed by atoms with Crippen LogP contribution in [0, 0.1) is 0 Å². The smallest absolute Gasteiger partial charge is 0.186 e. The van der Waals surface area contributed by atoms with Crippen molar-refractivity contribution >= 4 is 112 Å². The molecule has 7 aromatic rings. The minimum Gasteiger partial charge on any atom is -0.503 e. The van der Waals surface area contributed by atoms with E-state index in [0.717, 1.165) is 34.2 Å². The summed E-state index contributed by atoms with van der Waals surface area (Å²) in [4.78, 5) is 15.7. The van der Waals surface area contributed by atoms with E-state index in [2.05, 4.69) is 37.4 Å². The fraction of sp³-hybridized carbons (Fsp3) is 0. The molecule has 42 heavy (non-hydrogen) atoms. The Morgan fingerprint density at radius 3 is 1.26 bits per heavy atom. The molecule has 0 atom stereocenters. The molecule has 0 amide bonds. The quantitative estimate of drug-likeness (QED) is 0.113. The molecule has 7 heterocycles. The van der Waals surface area contributed by atoms with E-state index in [1.807, 2.05) is 24.3 Å². The van der Waals surface area contributed by atoms with Crippen molar-refractivity contribution in [3.05, 3.63) is 71.3 Å². The molecule has 2 aromatic carbocycles. The number of benzene rings is 2. The van der Waals surface area contributed by atoms with Gasteiger partial charge in [0.05, 0.1) is 34.5 Å². The lowest BCUT2D eigenvalue weighted by Crippen LogP contribution is -1.81. The largest absolute Gasteiger partial charge is 0.503 e. The first-order valence-electron chi connectivity index (χ1n) is 12.5. The van der Waals surface area contributed by atoms with Gasteiger partial charge in [0.25, 0.3) is 0 Å². The summed E-state index contributed by atoms with van der Waals surface area (Å²) in [6.45, 7) is 0. The Hall–Kier alpha value is -5.60. The Morgan fingerprint density at radius 1 is 0.476 bits per heavy atom. The monoisotopic (exact) mass is 590 g/mol. The van der Waals surface area contributed by atoms with Gasteiger partial charge in [-0.25, -0.2) is 9.97 Å². The van der Waals surface area contributed by atoms with Gasteiger partial charge in [-0.1, -0.05) is 0 Å². The van der Waals surface area contributed by atoms with Crippen molar-refractivity contribution in [3.63, 3.8) is 0 Å². The van der Waals surface area contributed by atoms with E-state index in [1.165, 1.54) is 0 Å². The highest BCUT2D eigenvalue weighted by atomic mass is 32.1. The molecule has 0 saturated heterocycles. The second kappa shape index (κ2) is 7.99. The molecule has 2 aliphatic rings. The molecule has 0 unspecified atom stereocenters. The zero-order valence-electron chi connectivity index (χ0n) is 20.9. The number of aromatic amines is 2. The summed E-state index contributed by atoms with van der Waals surface area (Å²) in [5.41, 5.74) is 5.49. The number of nitrogens with zero attached hydrogens (tertiary/aromatic N) is 6. The molecule has 0 spiro atoms. The minimum absolute atomic E-state index is 0.142. The number of hydrogen-bond acceptors (Lipinski definition) is 12. The Morgan fingerprint density at radius 2 is 0.857 bits per heavy atom. The molecule has 0 aliphatic carbocycles. The van der Waals surface area contributed by atoms with Crippen molar-refractivity contribution in [3.8, 4) is 0 Å². The molecule has 202 valence electrons. The van der Waals surface area contributed by atoms with Gasteiger partial charge in [-0.2, -0.15) is 17.5 Å². The molecule has 9 rings (SSSR count). The lowest BCUT2D eigenvalue weighted by Gasteiger charge is -1.94. The fourth-order valence-corrected chi connectivity index (χ4v) is 6.68.